The molecule has 7 heteroatoms. The zero-order valence-electron chi connectivity index (χ0n) is 13.6. The lowest BCUT2D eigenvalue weighted by Crippen LogP contribution is -2.14. The summed E-state index contributed by atoms with van der Waals surface area (Å²) >= 11 is 3.07. The average molecular weight is 368 g/mol. The number of benzene rings is 1. The van der Waals surface area contributed by atoms with Crippen molar-refractivity contribution in [2.45, 2.75) is 13.3 Å². The van der Waals surface area contributed by atoms with Crippen molar-refractivity contribution in [3.8, 4) is 10.6 Å². The highest BCUT2D eigenvalue weighted by atomic mass is 32.1. The summed E-state index contributed by atoms with van der Waals surface area (Å²) in [5.41, 5.74) is 3.64. The van der Waals surface area contributed by atoms with Crippen LogP contribution in [0.15, 0.2) is 52.3 Å². The number of nitrogens with zero attached hydrogens (tertiary/aromatic N) is 3. The Morgan fingerprint density at radius 1 is 1.20 bits per heavy atom. The fourth-order valence-electron chi connectivity index (χ4n) is 2.58. The van der Waals surface area contributed by atoms with Crippen molar-refractivity contribution in [3.05, 3.63) is 52.7 Å². The van der Waals surface area contributed by atoms with Gasteiger partial charge in [-0.15, -0.1) is 22.7 Å². The van der Waals surface area contributed by atoms with Gasteiger partial charge in [0, 0.05) is 29.6 Å². The molecule has 0 radical (unpaired) electrons. The predicted octanol–water partition coefficient (Wildman–Crippen LogP) is 4.71. The minimum atomic E-state index is -0.153. The molecule has 3 heterocycles. The molecule has 1 aliphatic rings. The number of nitrogens with one attached hydrogen (secondary N) is 1. The fourth-order valence-corrected chi connectivity index (χ4v) is 4.05. The van der Waals surface area contributed by atoms with Crippen molar-refractivity contribution in [2.24, 2.45) is 5.10 Å². The molecule has 25 heavy (non-hydrogen) atoms. The molecular formula is C18H16N4OS2. The SMILES string of the molecule is CC1=NN(c2ccc(C(=O)Nc3nc(-c4cccs4)cs3)cc2)CC1. The maximum Gasteiger partial charge on any atom is 0.257 e. The smallest absolute Gasteiger partial charge is 0.257 e. The zero-order valence-corrected chi connectivity index (χ0v) is 15.2. The standard InChI is InChI=1S/C18H16N4OS2/c1-12-8-9-22(21-12)14-6-4-13(5-7-14)17(23)20-18-19-15(11-25-18)16-3-2-10-24-16/h2-7,10-11H,8-9H2,1H3,(H,19,20,23). The highest BCUT2D eigenvalue weighted by Gasteiger charge is 2.14. The van der Waals surface area contributed by atoms with Gasteiger partial charge < -0.3 is 0 Å². The van der Waals surface area contributed by atoms with E-state index in [-0.39, 0.29) is 5.91 Å². The molecule has 0 saturated heterocycles. The summed E-state index contributed by atoms with van der Waals surface area (Å²) in [6.07, 6.45) is 0.985. The highest BCUT2D eigenvalue weighted by Crippen LogP contribution is 2.28. The molecule has 1 N–H and O–H groups in total. The Hall–Kier alpha value is -2.51. The second kappa shape index (κ2) is 6.78. The van der Waals surface area contributed by atoms with Crippen LogP contribution < -0.4 is 10.3 Å². The first-order valence-electron chi connectivity index (χ1n) is 7.91. The van der Waals surface area contributed by atoms with E-state index in [0.717, 1.165) is 34.9 Å². The predicted molar refractivity (Wildman–Crippen MR) is 105 cm³/mol. The van der Waals surface area contributed by atoms with Gasteiger partial charge in [-0.1, -0.05) is 6.07 Å². The molecule has 126 valence electrons. The topological polar surface area (TPSA) is 57.6 Å². The lowest BCUT2D eigenvalue weighted by Gasteiger charge is -2.13. The van der Waals surface area contributed by atoms with Crippen molar-refractivity contribution < 1.29 is 4.79 Å². The van der Waals surface area contributed by atoms with Crippen molar-refractivity contribution >= 4 is 45.1 Å². The third-order valence-electron chi connectivity index (χ3n) is 3.90. The number of rotatable bonds is 4. The molecule has 0 spiro atoms. The van der Waals surface area contributed by atoms with Crippen molar-refractivity contribution in [3.63, 3.8) is 0 Å². The normalized spacial score (nSPS) is 13.8. The Kier molecular flexibility index (Phi) is 4.33. The van der Waals surface area contributed by atoms with Gasteiger partial charge >= 0.3 is 0 Å². The van der Waals surface area contributed by atoms with E-state index in [1.807, 2.05) is 59.1 Å². The maximum absolute atomic E-state index is 12.4. The first kappa shape index (κ1) is 16.0. The molecule has 1 aromatic carbocycles. The number of hydrogen-bond acceptors (Lipinski definition) is 6. The van der Waals surface area contributed by atoms with E-state index in [2.05, 4.69) is 15.4 Å². The third kappa shape index (κ3) is 3.47. The van der Waals surface area contributed by atoms with Crippen molar-refractivity contribution in [2.75, 3.05) is 16.9 Å². The summed E-state index contributed by atoms with van der Waals surface area (Å²) in [6, 6.07) is 11.5. The molecule has 2 aromatic heterocycles. The molecule has 1 amide bonds. The van der Waals surface area contributed by atoms with Gasteiger partial charge in [-0.3, -0.25) is 15.1 Å². The second-order valence-electron chi connectivity index (χ2n) is 5.72. The molecule has 3 aromatic rings. The summed E-state index contributed by atoms with van der Waals surface area (Å²) in [5.74, 6) is -0.153. The number of carbonyl (C=O) groups excluding carboxylic acids is 1. The first-order chi connectivity index (χ1) is 12.2. The van der Waals surface area contributed by atoms with E-state index in [4.69, 9.17) is 0 Å². The van der Waals surface area contributed by atoms with E-state index in [1.54, 1.807) is 11.3 Å². The lowest BCUT2D eigenvalue weighted by molar-refractivity contribution is 0.102. The Morgan fingerprint density at radius 3 is 2.72 bits per heavy atom. The quantitative estimate of drug-likeness (QED) is 0.725. The Bertz CT molecular complexity index is 913. The second-order valence-corrected chi connectivity index (χ2v) is 7.53. The number of hydrogen-bond donors (Lipinski definition) is 1. The van der Waals surface area contributed by atoms with Gasteiger partial charge in [-0.25, -0.2) is 4.98 Å². The van der Waals surface area contributed by atoms with E-state index in [0.29, 0.717) is 10.7 Å². The van der Waals surface area contributed by atoms with Gasteiger partial charge in [-0.05, 0) is 42.6 Å². The number of aromatic nitrogens is 1. The number of thiazole rings is 1. The van der Waals surface area contributed by atoms with Gasteiger partial charge in [0.15, 0.2) is 5.13 Å². The van der Waals surface area contributed by atoms with Crippen molar-refractivity contribution in [1.29, 1.82) is 0 Å². The van der Waals surface area contributed by atoms with Crippen LogP contribution >= 0.6 is 22.7 Å². The van der Waals surface area contributed by atoms with Gasteiger partial charge in [0.25, 0.3) is 5.91 Å². The number of carbonyl (C=O) groups is 1. The minimum absolute atomic E-state index is 0.153. The van der Waals surface area contributed by atoms with Crippen LogP contribution in [0.25, 0.3) is 10.6 Å². The fraction of sp³-hybridized carbons (Fsp3) is 0.167. The van der Waals surface area contributed by atoms with Crippen LogP contribution in [0.1, 0.15) is 23.7 Å². The number of thiophene rings is 1. The largest absolute Gasteiger partial charge is 0.298 e. The van der Waals surface area contributed by atoms with Crippen molar-refractivity contribution in [1.82, 2.24) is 4.98 Å². The van der Waals surface area contributed by atoms with E-state index < -0.39 is 0 Å². The molecule has 1 aliphatic heterocycles. The van der Waals surface area contributed by atoms with Crippen LogP contribution in [0.3, 0.4) is 0 Å². The molecule has 0 fully saturated rings. The van der Waals surface area contributed by atoms with E-state index in [1.165, 1.54) is 11.3 Å². The molecule has 0 saturated carbocycles. The van der Waals surface area contributed by atoms with Crippen LogP contribution in [-0.4, -0.2) is 23.1 Å². The maximum atomic E-state index is 12.4. The van der Waals surface area contributed by atoms with Gasteiger partial charge in [0.05, 0.1) is 16.3 Å². The number of amides is 1. The van der Waals surface area contributed by atoms with Crippen LogP contribution in [0.2, 0.25) is 0 Å². The molecule has 4 rings (SSSR count). The Labute approximate surface area is 153 Å². The lowest BCUT2D eigenvalue weighted by atomic mass is 10.2. The molecule has 0 aliphatic carbocycles. The molecule has 0 atom stereocenters. The average Bonchev–Trinajstić information content (AvgIpc) is 3.36. The summed E-state index contributed by atoms with van der Waals surface area (Å²) in [7, 11) is 0. The number of anilines is 2. The summed E-state index contributed by atoms with van der Waals surface area (Å²) in [6.45, 7) is 2.92. The first-order valence-corrected chi connectivity index (χ1v) is 9.67. The Morgan fingerprint density at radius 2 is 2.04 bits per heavy atom. The summed E-state index contributed by atoms with van der Waals surface area (Å²) < 4.78 is 0. The van der Waals surface area contributed by atoms with Gasteiger partial charge in [0.2, 0.25) is 0 Å². The summed E-state index contributed by atoms with van der Waals surface area (Å²) in [5, 5.41) is 13.9. The van der Waals surface area contributed by atoms with Gasteiger partial charge in [0.1, 0.15) is 0 Å². The van der Waals surface area contributed by atoms with E-state index in [9.17, 15) is 4.79 Å². The van der Waals surface area contributed by atoms with Crippen LogP contribution in [0.5, 0.6) is 0 Å². The number of hydrazone groups is 1. The van der Waals surface area contributed by atoms with Crippen LogP contribution in [0.4, 0.5) is 10.8 Å². The molecule has 0 bridgehead atoms. The summed E-state index contributed by atoms with van der Waals surface area (Å²) in [4.78, 5) is 18.0. The Balaban J connectivity index is 1.44. The van der Waals surface area contributed by atoms with Crippen LogP contribution in [-0.2, 0) is 0 Å². The highest BCUT2D eigenvalue weighted by molar-refractivity contribution is 7.16. The van der Waals surface area contributed by atoms with E-state index >= 15 is 0 Å². The molecule has 0 unspecified atom stereocenters. The minimum Gasteiger partial charge on any atom is -0.298 e. The molecular weight excluding hydrogens is 352 g/mol. The zero-order chi connectivity index (χ0) is 17.2. The monoisotopic (exact) mass is 368 g/mol. The molecule has 5 nitrogen and oxygen atoms in total. The third-order valence-corrected chi connectivity index (χ3v) is 5.55. The van der Waals surface area contributed by atoms with Gasteiger partial charge in [-0.2, -0.15) is 5.10 Å². The van der Waals surface area contributed by atoms with Crippen LogP contribution in [0, 0.1) is 0 Å².